The Kier molecular flexibility index (Phi) is 1.47. The van der Waals surface area contributed by atoms with Crippen molar-refractivity contribution in [1.29, 1.82) is 0 Å². The van der Waals surface area contributed by atoms with E-state index in [4.69, 9.17) is 0 Å². The molecule has 0 heterocycles. The minimum absolute atomic E-state index is 1.38. The molecule has 0 aromatic heterocycles. The van der Waals surface area contributed by atoms with Gasteiger partial charge < -0.3 is 0 Å². The average molecular weight is 181 g/mol. The summed E-state index contributed by atoms with van der Waals surface area (Å²) in [5.41, 5.74) is 0. The van der Waals surface area contributed by atoms with Crippen LogP contribution in [0.3, 0.4) is 0 Å². The Hall–Kier alpha value is 0.533. The zero-order valence-electron chi connectivity index (χ0n) is 2.16. The molecule has 2 N–H and O–H groups in total. The van der Waals surface area contributed by atoms with Crippen LogP contribution >= 0.6 is 0 Å². The van der Waals surface area contributed by atoms with Crippen molar-refractivity contribution in [2.75, 3.05) is 0 Å². The van der Waals surface area contributed by atoms with Crippen molar-refractivity contribution >= 4 is 8.01 Å². The van der Waals surface area contributed by atoms with Crippen molar-refractivity contribution in [1.82, 2.24) is 0 Å². The van der Waals surface area contributed by atoms with Gasteiger partial charge in [0.25, 0.3) is 0 Å². The van der Waals surface area contributed by atoms with Gasteiger partial charge in [0.2, 0.25) is 0 Å². The molecule has 0 saturated heterocycles. The Morgan fingerprint density at radius 1 is 1.60 bits per heavy atom. The van der Waals surface area contributed by atoms with Gasteiger partial charge >= 0.3 is 38.7 Å². The number of hydrogen-bond acceptors (Lipinski definition) is 2. The fraction of sp³-hybridized carbons (Fsp3) is 0. The van der Waals surface area contributed by atoms with E-state index >= 15 is 0 Å². The van der Waals surface area contributed by atoms with Crippen LogP contribution in [0.1, 0.15) is 0 Å². The van der Waals surface area contributed by atoms with Crippen molar-refractivity contribution in [3.05, 3.63) is 0 Å². The topological polar surface area (TPSA) is 60.2 Å². The molecule has 0 bridgehead atoms. The quantitative estimate of drug-likeness (QED) is 0.474. The third kappa shape index (κ3) is 102. The van der Waals surface area contributed by atoms with Gasteiger partial charge in [-0.05, 0) is 0 Å². The maximum absolute atomic E-state index is 9.38. The first-order valence-electron chi connectivity index (χ1n) is 0.713. The Morgan fingerprint density at radius 2 is 1.60 bits per heavy atom. The van der Waals surface area contributed by atoms with Gasteiger partial charge in [0, 0.05) is 0 Å². The second-order valence-corrected chi connectivity index (χ2v) is 4.35. The molecule has 0 spiro atoms. The summed E-state index contributed by atoms with van der Waals surface area (Å²) in [6.45, 7) is 0. The predicted octanol–water partition coefficient (Wildman–Crippen LogP) is -1.26. The van der Waals surface area contributed by atoms with Gasteiger partial charge in [-0.15, -0.1) is 0 Å². The van der Waals surface area contributed by atoms with Crippen molar-refractivity contribution in [2.24, 2.45) is 5.14 Å². The number of rotatable bonds is 0. The third-order valence-corrected chi connectivity index (χ3v) is 0. The van der Waals surface area contributed by atoms with Crippen molar-refractivity contribution < 1.29 is 25.5 Å². The third-order valence-electron chi connectivity index (χ3n) is 0. The number of hydrogen-bond donors (Lipinski definition) is 1. The summed E-state index contributed by atoms with van der Waals surface area (Å²) in [5.74, 6) is 0. The van der Waals surface area contributed by atoms with E-state index in [1.165, 1.54) is 17.1 Å². The summed E-state index contributed by atoms with van der Waals surface area (Å²) in [4.78, 5) is 0. The molecule has 0 aromatic rings. The number of nitrogens with two attached hydrogens (primary N) is 1. The Balaban J connectivity index is 4.06. The van der Waals surface area contributed by atoms with Crippen LogP contribution < -0.4 is 5.14 Å². The Bertz CT molecular complexity index is 92.8. The van der Waals surface area contributed by atoms with Gasteiger partial charge in [0.05, 0.1) is 0 Å². The molecule has 0 atom stereocenters. The molecule has 0 aliphatic carbocycles. The van der Waals surface area contributed by atoms with Crippen LogP contribution in [0.4, 0.5) is 0 Å². The van der Waals surface area contributed by atoms with Gasteiger partial charge in [-0.3, -0.25) is 0 Å². The standard InChI is InChI=1S/H2NO2S.Ru/c1-4(2)3;/h(H2,1,2,3);. The molecule has 0 aliphatic rings. The van der Waals surface area contributed by atoms with Crippen LogP contribution in [-0.4, -0.2) is 8.42 Å². The first-order valence-corrected chi connectivity index (χ1v) is 4.27. The predicted molar refractivity (Wildman–Crippen MR) is 13.1 cm³/mol. The molecule has 0 rings (SSSR count). The summed E-state index contributed by atoms with van der Waals surface area (Å²) in [7, 11) is -3.24. The normalized spacial score (nSPS) is 11.6. The van der Waals surface area contributed by atoms with Crippen molar-refractivity contribution in [3.8, 4) is 0 Å². The molecule has 0 aliphatic heterocycles. The van der Waals surface area contributed by atoms with Crippen LogP contribution in [-0.2, 0) is 25.1 Å². The first kappa shape index (κ1) is 5.53. The van der Waals surface area contributed by atoms with Gasteiger partial charge in [-0.1, -0.05) is 0 Å². The van der Waals surface area contributed by atoms with Gasteiger partial charge in [-0.25, -0.2) is 0 Å². The molecule has 0 fully saturated rings. The van der Waals surface area contributed by atoms with E-state index in [1.54, 1.807) is 0 Å². The second kappa shape index (κ2) is 1.33. The van der Waals surface area contributed by atoms with Crippen molar-refractivity contribution in [3.63, 3.8) is 0 Å². The first-order chi connectivity index (χ1) is 2.00. The molecule has 3 nitrogen and oxygen atoms in total. The fourth-order valence-electron chi connectivity index (χ4n) is 0. The van der Waals surface area contributed by atoms with Crippen LogP contribution in [0, 0.1) is 0 Å². The van der Waals surface area contributed by atoms with Gasteiger partial charge in [0.15, 0.2) is 0 Å². The monoisotopic (exact) mass is 182 g/mol. The molecule has 33 valence electrons. The Morgan fingerprint density at radius 3 is 1.60 bits per heavy atom. The molecule has 0 radical (unpaired) electrons. The van der Waals surface area contributed by atoms with E-state index in [2.05, 4.69) is 5.14 Å². The summed E-state index contributed by atoms with van der Waals surface area (Å²) in [5, 5.41) is 4.30. The zero-order chi connectivity index (χ0) is 4.50. The molecule has 0 saturated carbocycles. The maximum atomic E-state index is 9.38. The zero-order valence-corrected chi connectivity index (χ0v) is 4.71. The van der Waals surface area contributed by atoms with E-state index < -0.39 is 8.01 Å². The van der Waals surface area contributed by atoms with E-state index in [0.29, 0.717) is 0 Å². The van der Waals surface area contributed by atoms with Crippen LogP contribution in [0.15, 0.2) is 0 Å². The van der Waals surface area contributed by atoms with E-state index in [1.807, 2.05) is 0 Å². The van der Waals surface area contributed by atoms with Crippen LogP contribution in [0.25, 0.3) is 0 Å². The Labute approximate surface area is 39.1 Å². The SMILES string of the molecule is N[S](=O)(=O)[Ru]. The van der Waals surface area contributed by atoms with E-state index in [0.717, 1.165) is 0 Å². The van der Waals surface area contributed by atoms with Gasteiger partial charge in [-0.2, -0.15) is 0 Å². The molecule has 5 heteroatoms. The fourth-order valence-corrected chi connectivity index (χ4v) is 0. The second-order valence-electron chi connectivity index (χ2n) is 0.462. The molecule has 0 amide bonds. The van der Waals surface area contributed by atoms with Gasteiger partial charge in [0.1, 0.15) is 0 Å². The molecule has 5 heavy (non-hydrogen) atoms. The summed E-state index contributed by atoms with van der Waals surface area (Å²) in [6.07, 6.45) is 0. The molecular weight excluding hydrogens is 179 g/mol. The van der Waals surface area contributed by atoms with E-state index in [9.17, 15) is 8.42 Å². The summed E-state index contributed by atoms with van der Waals surface area (Å²) >= 11 is 1.38. The molecule has 0 unspecified atom stereocenters. The van der Waals surface area contributed by atoms with Crippen LogP contribution in [0.5, 0.6) is 0 Å². The average Bonchev–Trinajstić information content (AvgIpc) is 0.722. The van der Waals surface area contributed by atoms with Crippen LogP contribution in [0.2, 0.25) is 0 Å². The molecule has 0 aromatic carbocycles. The van der Waals surface area contributed by atoms with Crippen molar-refractivity contribution in [2.45, 2.75) is 0 Å². The summed E-state index contributed by atoms with van der Waals surface area (Å²) in [6, 6.07) is 0. The molecular formula is H2NO2RuS. The minimum atomic E-state index is -3.24. The summed E-state index contributed by atoms with van der Waals surface area (Å²) < 4.78 is 18.8. The van der Waals surface area contributed by atoms with E-state index in [-0.39, 0.29) is 0 Å².